The van der Waals surface area contributed by atoms with Gasteiger partial charge in [0.15, 0.2) is 0 Å². The van der Waals surface area contributed by atoms with Crippen molar-refractivity contribution >= 4 is 17.6 Å². The Kier molecular flexibility index (Phi) is 3.38. The van der Waals surface area contributed by atoms with Crippen molar-refractivity contribution in [2.75, 3.05) is 5.32 Å². The highest BCUT2D eigenvalue weighted by atomic mass is 16.5. The number of hydrogen-bond donors (Lipinski definition) is 2. The first-order chi connectivity index (χ1) is 13.5. The summed E-state index contributed by atoms with van der Waals surface area (Å²) in [5, 5.41) is 16.2. The Morgan fingerprint density at radius 2 is 2.25 bits per heavy atom. The molecule has 0 radical (unpaired) electrons. The standard InChI is InChI=1S/C19H15N5O4/c20-24-23-18(27)19-8-12(19)16(19)11-7-9(1-3-13(11)25)28-14-5-6-21-17-10(14)2-4-15(26)22-17/h1,3,5-7,12,16,25H,2,4,8H2,(H,21,22,26)/t12-,16+,19-/m0/s1. The number of fused-ring (bicyclic) bond motifs is 2. The lowest BCUT2D eigenvalue weighted by Gasteiger charge is -2.19. The van der Waals surface area contributed by atoms with Gasteiger partial charge in [-0.3, -0.25) is 9.59 Å². The molecular formula is C19H15N5O4. The molecule has 2 aromatic rings. The summed E-state index contributed by atoms with van der Waals surface area (Å²) in [7, 11) is 0. The molecule has 1 aromatic heterocycles. The van der Waals surface area contributed by atoms with Gasteiger partial charge in [-0.2, -0.15) is 0 Å². The van der Waals surface area contributed by atoms with Crippen LogP contribution in [-0.4, -0.2) is 21.9 Å². The second-order valence-corrected chi connectivity index (χ2v) is 7.33. The molecule has 2 heterocycles. The molecule has 5 rings (SSSR count). The third kappa shape index (κ3) is 2.33. The van der Waals surface area contributed by atoms with Crippen molar-refractivity contribution in [1.29, 1.82) is 0 Å². The Hall–Kier alpha value is -3.58. The van der Waals surface area contributed by atoms with Gasteiger partial charge in [-0.15, -0.1) is 0 Å². The van der Waals surface area contributed by atoms with E-state index < -0.39 is 11.3 Å². The summed E-state index contributed by atoms with van der Waals surface area (Å²) in [5.74, 6) is 1.09. The molecule has 0 unspecified atom stereocenters. The smallest absolute Gasteiger partial charge is 0.225 e. The van der Waals surface area contributed by atoms with Crippen LogP contribution in [-0.2, 0) is 16.0 Å². The van der Waals surface area contributed by atoms with Crippen LogP contribution in [0.4, 0.5) is 5.82 Å². The van der Waals surface area contributed by atoms with Crippen molar-refractivity contribution in [1.82, 2.24) is 4.98 Å². The number of benzene rings is 1. The highest BCUT2D eigenvalue weighted by Crippen LogP contribution is 2.85. The summed E-state index contributed by atoms with van der Waals surface area (Å²) in [6.45, 7) is 0. The number of hydrogen-bond acceptors (Lipinski definition) is 5. The monoisotopic (exact) mass is 377 g/mol. The number of carbonyl (C=O) groups is 2. The molecule has 0 bridgehead atoms. The van der Waals surface area contributed by atoms with E-state index in [2.05, 4.69) is 20.3 Å². The summed E-state index contributed by atoms with van der Waals surface area (Å²) in [5.41, 5.74) is 9.30. The van der Waals surface area contributed by atoms with Crippen LogP contribution in [0.5, 0.6) is 17.2 Å². The van der Waals surface area contributed by atoms with Gasteiger partial charge in [0.25, 0.3) is 0 Å². The van der Waals surface area contributed by atoms with Crippen LogP contribution in [0.1, 0.15) is 29.9 Å². The first-order valence-electron chi connectivity index (χ1n) is 8.92. The molecule has 3 aliphatic rings. The molecule has 28 heavy (non-hydrogen) atoms. The van der Waals surface area contributed by atoms with E-state index in [-0.39, 0.29) is 23.5 Å². The van der Waals surface area contributed by atoms with Gasteiger partial charge in [-0.25, -0.2) is 4.98 Å². The van der Waals surface area contributed by atoms with Gasteiger partial charge < -0.3 is 15.2 Å². The van der Waals surface area contributed by atoms with Crippen molar-refractivity contribution in [2.45, 2.75) is 25.2 Å². The number of pyridine rings is 1. The molecule has 2 N–H and O–H groups in total. The molecule has 1 aromatic carbocycles. The number of rotatable bonds is 4. The minimum absolute atomic E-state index is 0.0768. The van der Waals surface area contributed by atoms with Crippen LogP contribution >= 0.6 is 0 Å². The summed E-state index contributed by atoms with van der Waals surface area (Å²) in [6.07, 6.45) is 3.13. The highest BCUT2D eigenvalue weighted by Gasteiger charge is 2.83. The fourth-order valence-electron chi connectivity index (χ4n) is 4.24. The van der Waals surface area contributed by atoms with Crippen molar-refractivity contribution in [2.24, 2.45) is 16.4 Å². The van der Waals surface area contributed by atoms with E-state index >= 15 is 0 Å². The molecule has 2 aliphatic carbocycles. The third-order valence-corrected chi connectivity index (χ3v) is 5.88. The predicted octanol–water partition coefficient (Wildman–Crippen LogP) is 3.40. The molecule has 0 saturated heterocycles. The molecule has 1 aliphatic heterocycles. The maximum absolute atomic E-state index is 12.1. The molecule has 9 heteroatoms. The first kappa shape index (κ1) is 16.6. The molecule has 2 fully saturated rings. The van der Waals surface area contributed by atoms with E-state index in [1.165, 1.54) is 6.07 Å². The number of azide groups is 1. The van der Waals surface area contributed by atoms with E-state index in [0.29, 0.717) is 42.1 Å². The second kappa shape index (κ2) is 5.71. The van der Waals surface area contributed by atoms with E-state index in [1.54, 1.807) is 24.4 Å². The number of nitrogens with one attached hydrogen (secondary N) is 1. The predicted molar refractivity (Wildman–Crippen MR) is 96.8 cm³/mol. The number of aromatic nitrogens is 1. The summed E-state index contributed by atoms with van der Waals surface area (Å²) < 4.78 is 6.01. The van der Waals surface area contributed by atoms with Gasteiger partial charge in [-0.05, 0) is 53.7 Å². The van der Waals surface area contributed by atoms with Crippen LogP contribution < -0.4 is 10.1 Å². The summed E-state index contributed by atoms with van der Waals surface area (Å²) >= 11 is 0. The molecule has 9 nitrogen and oxygen atoms in total. The van der Waals surface area contributed by atoms with Gasteiger partial charge in [0.05, 0.1) is 0 Å². The lowest BCUT2D eigenvalue weighted by molar-refractivity contribution is -0.121. The Labute approximate surface area is 159 Å². The zero-order valence-electron chi connectivity index (χ0n) is 14.6. The lowest BCUT2D eigenvalue weighted by Crippen LogP contribution is -2.20. The molecule has 3 atom stereocenters. The zero-order chi connectivity index (χ0) is 19.5. The molecular weight excluding hydrogens is 362 g/mol. The minimum Gasteiger partial charge on any atom is -0.508 e. The summed E-state index contributed by atoms with van der Waals surface area (Å²) in [4.78, 5) is 30.4. The maximum Gasteiger partial charge on any atom is 0.225 e. The Balaban J connectivity index is 1.43. The SMILES string of the molecule is [N-]=[N+]=NC(=O)[C@@]12C[C@H]1[C@H]2c1cc(Oc2ccnc3c2CCC(=O)N3)ccc1O. The van der Waals surface area contributed by atoms with Crippen molar-refractivity contribution in [3.05, 3.63) is 52.0 Å². The molecule has 2 amide bonds. The van der Waals surface area contributed by atoms with E-state index in [1.807, 2.05) is 0 Å². The first-order valence-corrected chi connectivity index (χ1v) is 8.92. The van der Waals surface area contributed by atoms with Gasteiger partial charge in [-0.1, -0.05) is 0 Å². The number of aromatic hydroxyl groups is 1. The average molecular weight is 377 g/mol. The number of phenolic OH excluding ortho intramolecular Hbond substituents is 1. The normalized spacial score (nSPS) is 26.2. The maximum atomic E-state index is 12.1. The second-order valence-electron chi connectivity index (χ2n) is 7.33. The van der Waals surface area contributed by atoms with Crippen LogP contribution in [0, 0.1) is 11.3 Å². The third-order valence-electron chi connectivity index (χ3n) is 5.88. The number of anilines is 1. The van der Waals surface area contributed by atoms with Gasteiger partial charge in [0.2, 0.25) is 11.8 Å². The summed E-state index contributed by atoms with van der Waals surface area (Å²) in [6, 6.07) is 6.61. The van der Waals surface area contributed by atoms with Crippen molar-refractivity contribution in [3.63, 3.8) is 0 Å². The van der Waals surface area contributed by atoms with E-state index in [0.717, 1.165) is 5.56 Å². The molecule has 0 spiro atoms. The molecule has 2 saturated carbocycles. The van der Waals surface area contributed by atoms with E-state index in [4.69, 9.17) is 10.3 Å². The Morgan fingerprint density at radius 1 is 1.39 bits per heavy atom. The van der Waals surface area contributed by atoms with E-state index in [9.17, 15) is 14.7 Å². The number of phenols is 1. The minimum atomic E-state index is -0.650. The number of amides is 2. The fourth-order valence-corrected chi connectivity index (χ4v) is 4.24. The van der Waals surface area contributed by atoms with Gasteiger partial charge in [0.1, 0.15) is 23.1 Å². The quantitative estimate of drug-likeness (QED) is 0.478. The van der Waals surface area contributed by atoms with Crippen LogP contribution in [0.2, 0.25) is 0 Å². The Morgan fingerprint density at radius 3 is 3.04 bits per heavy atom. The van der Waals surface area contributed by atoms with Crippen LogP contribution in [0.15, 0.2) is 35.6 Å². The van der Waals surface area contributed by atoms with Crippen molar-refractivity contribution in [3.8, 4) is 17.2 Å². The average Bonchev–Trinajstić information content (AvgIpc) is 3.55. The zero-order valence-corrected chi connectivity index (χ0v) is 14.6. The number of nitrogens with zero attached hydrogens (tertiary/aromatic N) is 4. The number of ether oxygens (including phenoxy) is 1. The highest BCUT2D eigenvalue weighted by molar-refractivity contribution is 5.94. The fraction of sp³-hybridized carbons (Fsp3) is 0.316. The number of carbonyl (C=O) groups excluding carboxylic acids is 2. The lowest BCUT2D eigenvalue weighted by atomic mass is 9.95. The Bertz CT molecular complexity index is 1090. The van der Waals surface area contributed by atoms with Crippen molar-refractivity contribution < 1.29 is 19.4 Å². The van der Waals surface area contributed by atoms with Gasteiger partial charge >= 0.3 is 0 Å². The molecule has 140 valence electrons. The van der Waals surface area contributed by atoms with Gasteiger partial charge in [0, 0.05) is 40.0 Å². The largest absolute Gasteiger partial charge is 0.508 e. The topological polar surface area (TPSA) is 137 Å². The van der Waals surface area contributed by atoms with Crippen LogP contribution in [0.3, 0.4) is 0 Å². The van der Waals surface area contributed by atoms with Crippen LogP contribution in [0.25, 0.3) is 10.4 Å².